The highest BCUT2D eigenvalue weighted by atomic mass is 19.4. The Labute approximate surface area is 202 Å². The lowest BCUT2D eigenvalue weighted by molar-refractivity contribution is -0.274. The zero-order chi connectivity index (χ0) is 26.4. The van der Waals surface area contributed by atoms with Gasteiger partial charge in [-0.05, 0) is 49.2 Å². The normalized spacial score (nSPS) is 12.8. The number of aryl methyl sites for hydroxylation is 1. The van der Waals surface area contributed by atoms with E-state index in [-0.39, 0.29) is 17.9 Å². The van der Waals surface area contributed by atoms with E-state index < -0.39 is 30.7 Å². The van der Waals surface area contributed by atoms with Gasteiger partial charge in [0.15, 0.2) is 5.54 Å². The Bertz CT molecular complexity index is 1070. The molecule has 0 spiro atoms. The van der Waals surface area contributed by atoms with Gasteiger partial charge in [0.25, 0.3) is 5.91 Å². The average molecular weight is 493 g/mol. The summed E-state index contributed by atoms with van der Waals surface area (Å²) in [6.07, 6.45) is -3.45. The summed E-state index contributed by atoms with van der Waals surface area (Å²) >= 11 is 0. The van der Waals surface area contributed by atoms with E-state index in [0.717, 1.165) is 36.2 Å². The predicted octanol–water partition coefficient (Wildman–Crippen LogP) is 2.37. The van der Waals surface area contributed by atoms with E-state index in [0.29, 0.717) is 17.6 Å². The molecule has 8 nitrogen and oxygen atoms in total. The van der Waals surface area contributed by atoms with Crippen LogP contribution in [-0.4, -0.2) is 55.7 Å². The Morgan fingerprint density at radius 3 is 2.29 bits per heavy atom. The minimum absolute atomic E-state index is 0.0181. The van der Waals surface area contributed by atoms with Crippen LogP contribution in [0.3, 0.4) is 0 Å². The molecule has 2 aromatic carbocycles. The van der Waals surface area contributed by atoms with Gasteiger partial charge in [-0.3, -0.25) is 4.79 Å². The van der Waals surface area contributed by atoms with Gasteiger partial charge in [-0.2, -0.15) is 5.26 Å². The van der Waals surface area contributed by atoms with Crippen molar-refractivity contribution < 1.29 is 37.5 Å². The SMILES string of the molecule is CCCc1ccc(OCC(C)(C#N)NC(=O)c2ccc(OC(F)(F)F)cc2)c(N(C)C)c1B(O)O. The van der Waals surface area contributed by atoms with Crippen molar-refractivity contribution in [3.05, 3.63) is 47.5 Å². The summed E-state index contributed by atoms with van der Waals surface area (Å²) in [6, 6.07) is 9.60. The summed E-state index contributed by atoms with van der Waals surface area (Å²) in [4.78, 5) is 14.3. The molecule has 0 heterocycles. The number of rotatable bonds is 10. The highest BCUT2D eigenvalue weighted by Gasteiger charge is 2.32. The van der Waals surface area contributed by atoms with Crippen molar-refractivity contribution in [3.63, 3.8) is 0 Å². The molecule has 1 amide bonds. The zero-order valence-corrected chi connectivity index (χ0v) is 19.8. The number of hydrogen-bond donors (Lipinski definition) is 3. The first-order chi connectivity index (χ1) is 16.3. The van der Waals surface area contributed by atoms with Crippen molar-refractivity contribution in [3.8, 4) is 17.6 Å². The van der Waals surface area contributed by atoms with Crippen LogP contribution in [0.1, 0.15) is 36.2 Å². The van der Waals surface area contributed by atoms with E-state index in [1.165, 1.54) is 6.92 Å². The van der Waals surface area contributed by atoms with Gasteiger partial charge < -0.3 is 29.7 Å². The second-order valence-electron chi connectivity index (χ2n) is 8.26. The second kappa shape index (κ2) is 11.3. The summed E-state index contributed by atoms with van der Waals surface area (Å²) in [5.74, 6) is -0.902. The first kappa shape index (κ1) is 27.8. The Hall–Kier alpha value is -3.43. The quantitative estimate of drug-likeness (QED) is 0.436. The molecule has 0 aromatic heterocycles. The van der Waals surface area contributed by atoms with Gasteiger partial charge in [-0.25, -0.2) is 0 Å². The average Bonchev–Trinajstić information content (AvgIpc) is 2.77. The van der Waals surface area contributed by atoms with Crippen LogP contribution in [0, 0.1) is 11.3 Å². The number of nitrogens with zero attached hydrogens (tertiary/aromatic N) is 2. The van der Waals surface area contributed by atoms with Gasteiger partial charge in [0.1, 0.15) is 18.1 Å². The third-order valence-corrected chi connectivity index (χ3v) is 5.00. The number of anilines is 1. The van der Waals surface area contributed by atoms with Gasteiger partial charge in [0, 0.05) is 25.1 Å². The van der Waals surface area contributed by atoms with Gasteiger partial charge in [-0.1, -0.05) is 19.4 Å². The van der Waals surface area contributed by atoms with Crippen LogP contribution in [0.15, 0.2) is 36.4 Å². The Morgan fingerprint density at radius 2 is 1.80 bits per heavy atom. The van der Waals surface area contributed by atoms with E-state index in [2.05, 4.69) is 10.1 Å². The molecule has 0 saturated heterocycles. The van der Waals surface area contributed by atoms with Crippen molar-refractivity contribution in [1.29, 1.82) is 5.26 Å². The molecular weight excluding hydrogens is 466 g/mol. The molecule has 0 bridgehead atoms. The maximum Gasteiger partial charge on any atom is 0.573 e. The Balaban J connectivity index is 2.22. The monoisotopic (exact) mass is 493 g/mol. The van der Waals surface area contributed by atoms with Crippen LogP contribution < -0.4 is 25.2 Å². The minimum atomic E-state index is -4.85. The molecule has 2 aromatic rings. The number of alkyl halides is 3. The third-order valence-electron chi connectivity index (χ3n) is 5.00. The Kier molecular flexibility index (Phi) is 9.01. The molecule has 2 rings (SSSR count). The van der Waals surface area contributed by atoms with Crippen molar-refractivity contribution in [2.75, 3.05) is 25.6 Å². The molecule has 0 fully saturated rings. The first-order valence-electron chi connectivity index (χ1n) is 10.7. The minimum Gasteiger partial charge on any atom is -0.488 e. The number of nitriles is 1. The van der Waals surface area contributed by atoms with Crippen molar-refractivity contribution in [2.45, 2.75) is 38.6 Å². The van der Waals surface area contributed by atoms with Gasteiger partial charge in [0.05, 0.1) is 11.8 Å². The number of ether oxygens (including phenoxy) is 2. The number of hydrogen-bond acceptors (Lipinski definition) is 7. The fourth-order valence-corrected chi connectivity index (χ4v) is 3.43. The lowest BCUT2D eigenvalue weighted by atomic mass is 9.74. The molecule has 35 heavy (non-hydrogen) atoms. The molecule has 0 radical (unpaired) electrons. The first-order valence-corrected chi connectivity index (χ1v) is 10.7. The highest BCUT2D eigenvalue weighted by molar-refractivity contribution is 6.61. The summed E-state index contributed by atoms with van der Waals surface area (Å²) in [5, 5.41) is 32.2. The largest absolute Gasteiger partial charge is 0.573 e. The molecule has 188 valence electrons. The van der Waals surface area contributed by atoms with Crippen LogP contribution in [0.5, 0.6) is 11.5 Å². The second-order valence-corrected chi connectivity index (χ2v) is 8.26. The van der Waals surface area contributed by atoms with Gasteiger partial charge >= 0.3 is 13.5 Å². The van der Waals surface area contributed by atoms with Crippen LogP contribution in [0.25, 0.3) is 0 Å². The van der Waals surface area contributed by atoms with E-state index in [1.54, 1.807) is 31.1 Å². The maximum atomic E-state index is 12.6. The number of carbonyl (C=O) groups excluding carboxylic acids is 1. The van der Waals surface area contributed by atoms with Crippen molar-refractivity contribution >= 4 is 24.2 Å². The van der Waals surface area contributed by atoms with Crippen LogP contribution in [0.4, 0.5) is 18.9 Å². The van der Waals surface area contributed by atoms with E-state index in [1.807, 2.05) is 13.0 Å². The fraction of sp³-hybridized carbons (Fsp3) is 0.391. The lowest BCUT2D eigenvalue weighted by Crippen LogP contribution is -2.49. The highest BCUT2D eigenvalue weighted by Crippen LogP contribution is 2.28. The summed E-state index contributed by atoms with van der Waals surface area (Å²) in [5.41, 5.74) is -0.0320. The molecule has 1 atom stereocenters. The number of halogens is 3. The molecule has 3 N–H and O–H groups in total. The summed E-state index contributed by atoms with van der Waals surface area (Å²) in [7, 11) is 1.67. The number of benzene rings is 2. The molecule has 0 aliphatic rings. The fourth-order valence-electron chi connectivity index (χ4n) is 3.43. The molecule has 0 aliphatic carbocycles. The molecule has 1 unspecified atom stereocenters. The number of carbonyl (C=O) groups is 1. The lowest BCUT2D eigenvalue weighted by Gasteiger charge is -2.27. The number of nitrogens with one attached hydrogen (secondary N) is 1. The standard InChI is InChI=1S/C23H27BF3N3O5/c1-5-6-15-9-12-18(20(30(3)4)19(15)24(32)33)34-14-22(2,13-28)29-21(31)16-7-10-17(11-8-16)35-23(25,26)27/h7-12,32-33H,5-6,14H2,1-4H3,(H,29,31). The molecule has 12 heteroatoms. The topological polar surface area (TPSA) is 115 Å². The smallest absolute Gasteiger partial charge is 0.488 e. The van der Waals surface area contributed by atoms with Gasteiger partial charge in [0.2, 0.25) is 0 Å². The van der Waals surface area contributed by atoms with Crippen molar-refractivity contribution in [2.24, 2.45) is 0 Å². The Morgan fingerprint density at radius 1 is 1.17 bits per heavy atom. The van der Waals surface area contributed by atoms with E-state index in [9.17, 15) is 33.3 Å². The predicted molar refractivity (Wildman–Crippen MR) is 125 cm³/mol. The van der Waals surface area contributed by atoms with Crippen molar-refractivity contribution in [1.82, 2.24) is 5.32 Å². The molecular formula is C23H27BF3N3O5. The summed E-state index contributed by atoms with van der Waals surface area (Å²) < 4.78 is 46.6. The summed E-state index contributed by atoms with van der Waals surface area (Å²) in [6.45, 7) is 3.10. The maximum absolute atomic E-state index is 12.6. The van der Waals surface area contributed by atoms with E-state index in [4.69, 9.17) is 4.74 Å². The van der Waals surface area contributed by atoms with Crippen LogP contribution in [-0.2, 0) is 6.42 Å². The third kappa shape index (κ3) is 7.53. The van der Waals surface area contributed by atoms with Crippen LogP contribution in [0.2, 0.25) is 0 Å². The van der Waals surface area contributed by atoms with Crippen LogP contribution >= 0.6 is 0 Å². The zero-order valence-electron chi connectivity index (χ0n) is 19.8. The molecule has 0 aliphatic heterocycles. The molecule has 0 saturated carbocycles. The van der Waals surface area contributed by atoms with Gasteiger partial charge in [-0.15, -0.1) is 13.2 Å². The number of amides is 1. The van der Waals surface area contributed by atoms with E-state index >= 15 is 0 Å².